The Balaban J connectivity index is 2.78. The van der Waals surface area contributed by atoms with Gasteiger partial charge in [0, 0.05) is 16.7 Å². The van der Waals surface area contributed by atoms with E-state index in [0.29, 0.717) is 16.8 Å². The third-order valence-corrected chi connectivity index (χ3v) is 3.05. The molecule has 0 aliphatic heterocycles. The molecule has 0 spiro atoms. The lowest BCUT2D eigenvalue weighted by molar-refractivity contribution is -0.137. The molecule has 19 heavy (non-hydrogen) atoms. The molecule has 0 fully saturated rings. The van der Waals surface area contributed by atoms with Gasteiger partial charge in [0.05, 0.1) is 11.7 Å². The number of rotatable bonds is 5. The van der Waals surface area contributed by atoms with Crippen LogP contribution in [0.4, 0.5) is 18.9 Å². The Bertz CT molecular complexity index is 421. The first-order valence-electron chi connectivity index (χ1n) is 5.99. The van der Waals surface area contributed by atoms with Gasteiger partial charge in [-0.15, -0.1) is 0 Å². The summed E-state index contributed by atoms with van der Waals surface area (Å²) in [5.74, 6) is 0.295. The molecule has 0 radical (unpaired) electrons. The SMILES string of the molecule is CC(C)CC(O)CNc1ccc(Br)cc1C(F)(F)F. The van der Waals surface area contributed by atoms with Crippen LogP contribution in [0.15, 0.2) is 22.7 Å². The van der Waals surface area contributed by atoms with Gasteiger partial charge in [0.1, 0.15) is 0 Å². The minimum Gasteiger partial charge on any atom is -0.391 e. The van der Waals surface area contributed by atoms with Crippen LogP contribution in [0.25, 0.3) is 0 Å². The van der Waals surface area contributed by atoms with E-state index in [9.17, 15) is 18.3 Å². The highest BCUT2D eigenvalue weighted by molar-refractivity contribution is 9.10. The van der Waals surface area contributed by atoms with Crippen molar-refractivity contribution in [2.75, 3.05) is 11.9 Å². The first-order valence-corrected chi connectivity index (χ1v) is 6.78. The van der Waals surface area contributed by atoms with Gasteiger partial charge in [-0.25, -0.2) is 0 Å². The van der Waals surface area contributed by atoms with Gasteiger partial charge in [-0.1, -0.05) is 29.8 Å². The minimum atomic E-state index is -4.42. The molecule has 0 aromatic heterocycles. The van der Waals surface area contributed by atoms with Gasteiger partial charge in [0.2, 0.25) is 0 Å². The number of alkyl halides is 3. The summed E-state index contributed by atoms with van der Waals surface area (Å²) in [6.07, 6.45) is -4.54. The number of hydrogen-bond donors (Lipinski definition) is 2. The van der Waals surface area contributed by atoms with Crippen LogP contribution in [0.1, 0.15) is 25.8 Å². The Morgan fingerprint density at radius 3 is 2.47 bits per heavy atom. The molecule has 1 atom stereocenters. The topological polar surface area (TPSA) is 32.3 Å². The van der Waals surface area contributed by atoms with Crippen LogP contribution in [-0.2, 0) is 6.18 Å². The average Bonchev–Trinajstić information content (AvgIpc) is 2.25. The first kappa shape index (κ1) is 16.3. The first-order chi connectivity index (χ1) is 8.70. The fourth-order valence-corrected chi connectivity index (χ4v) is 2.12. The average molecular weight is 340 g/mol. The Kier molecular flexibility index (Phi) is 5.67. The second-order valence-corrected chi connectivity index (χ2v) is 5.77. The summed E-state index contributed by atoms with van der Waals surface area (Å²) < 4.78 is 38.9. The van der Waals surface area contributed by atoms with Gasteiger partial charge in [-0.05, 0) is 30.5 Å². The molecule has 108 valence electrons. The van der Waals surface area contributed by atoms with Crippen molar-refractivity contribution in [3.05, 3.63) is 28.2 Å². The van der Waals surface area contributed by atoms with Crippen LogP contribution in [0.5, 0.6) is 0 Å². The molecular formula is C13H17BrF3NO. The fourth-order valence-electron chi connectivity index (χ4n) is 1.76. The predicted octanol–water partition coefficient (Wildman–Crippen LogP) is 4.29. The van der Waals surface area contributed by atoms with E-state index in [1.807, 2.05) is 13.8 Å². The Labute approximate surface area is 119 Å². The van der Waals surface area contributed by atoms with E-state index in [-0.39, 0.29) is 12.2 Å². The number of aliphatic hydroxyl groups is 1. The summed E-state index contributed by atoms with van der Waals surface area (Å²) in [5, 5.41) is 12.3. The molecule has 2 nitrogen and oxygen atoms in total. The van der Waals surface area contributed by atoms with Crippen molar-refractivity contribution in [2.24, 2.45) is 5.92 Å². The lowest BCUT2D eigenvalue weighted by atomic mass is 10.1. The van der Waals surface area contributed by atoms with Gasteiger partial charge in [0.25, 0.3) is 0 Å². The van der Waals surface area contributed by atoms with E-state index >= 15 is 0 Å². The van der Waals surface area contributed by atoms with E-state index in [1.54, 1.807) is 0 Å². The van der Waals surface area contributed by atoms with Crippen LogP contribution in [0, 0.1) is 5.92 Å². The second kappa shape index (κ2) is 6.61. The lowest BCUT2D eigenvalue weighted by Crippen LogP contribution is -2.22. The highest BCUT2D eigenvalue weighted by Crippen LogP contribution is 2.36. The maximum Gasteiger partial charge on any atom is 0.418 e. The zero-order valence-corrected chi connectivity index (χ0v) is 12.3. The fraction of sp³-hybridized carbons (Fsp3) is 0.538. The summed E-state index contributed by atoms with van der Waals surface area (Å²) in [4.78, 5) is 0. The number of aliphatic hydroxyl groups excluding tert-OH is 1. The monoisotopic (exact) mass is 339 g/mol. The van der Waals surface area contributed by atoms with Crippen LogP contribution >= 0.6 is 15.9 Å². The maximum atomic E-state index is 12.8. The lowest BCUT2D eigenvalue weighted by Gasteiger charge is -2.18. The standard InChI is InChI=1S/C13H17BrF3NO/c1-8(2)5-10(19)7-18-12-4-3-9(14)6-11(12)13(15,16)17/h3-4,6,8,10,18-19H,5,7H2,1-2H3. The molecule has 0 aliphatic carbocycles. The van der Waals surface area contributed by atoms with Gasteiger partial charge in [0.15, 0.2) is 0 Å². The minimum absolute atomic E-state index is 0.0153. The number of halogens is 4. The van der Waals surface area contributed by atoms with Crippen LogP contribution < -0.4 is 5.32 Å². The van der Waals surface area contributed by atoms with Crippen molar-refractivity contribution in [3.8, 4) is 0 Å². The van der Waals surface area contributed by atoms with Crippen LogP contribution in [0.3, 0.4) is 0 Å². The van der Waals surface area contributed by atoms with Crippen molar-refractivity contribution in [1.82, 2.24) is 0 Å². The molecule has 1 aromatic rings. The third-order valence-electron chi connectivity index (χ3n) is 2.56. The predicted molar refractivity (Wildman–Crippen MR) is 73.1 cm³/mol. The molecular weight excluding hydrogens is 323 g/mol. The number of hydrogen-bond acceptors (Lipinski definition) is 2. The quantitative estimate of drug-likeness (QED) is 0.838. The largest absolute Gasteiger partial charge is 0.418 e. The van der Waals surface area contributed by atoms with Gasteiger partial charge >= 0.3 is 6.18 Å². The summed E-state index contributed by atoms with van der Waals surface area (Å²) >= 11 is 3.02. The van der Waals surface area contributed by atoms with E-state index in [2.05, 4.69) is 21.2 Å². The Hall–Kier alpha value is -0.750. The molecule has 0 amide bonds. The highest BCUT2D eigenvalue weighted by atomic mass is 79.9. The molecule has 0 aliphatic rings. The molecule has 0 heterocycles. The normalized spacial score (nSPS) is 13.7. The zero-order chi connectivity index (χ0) is 14.6. The molecule has 0 bridgehead atoms. The Morgan fingerprint density at radius 2 is 1.95 bits per heavy atom. The second-order valence-electron chi connectivity index (χ2n) is 4.85. The zero-order valence-electron chi connectivity index (χ0n) is 10.8. The van der Waals surface area contributed by atoms with Crippen molar-refractivity contribution in [2.45, 2.75) is 32.5 Å². The molecule has 0 saturated heterocycles. The highest BCUT2D eigenvalue weighted by Gasteiger charge is 2.33. The van der Waals surface area contributed by atoms with Crippen molar-refractivity contribution in [1.29, 1.82) is 0 Å². The smallest absolute Gasteiger partial charge is 0.391 e. The molecule has 1 unspecified atom stereocenters. The molecule has 1 aromatic carbocycles. The third kappa shape index (κ3) is 5.40. The summed E-state index contributed by atoms with van der Waals surface area (Å²) in [7, 11) is 0. The molecule has 6 heteroatoms. The van der Waals surface area contributed by atoms with Crippen molar-refractivity contribution < 1.29 is 18.3 Å². The van der Waals surface area contributed by atoms with Gasteiger partial charge < -0.3 is 10.4 Å². The van der Waals surface area contributed by atoms with Gasteiger partial charge in [-0.3, -0.25) is 0 Å². The summed E-state index contributed by atoms with van der Waals surface area (Å²) in [6.45, 7) is 4.00. The summed E-state index contributed by atoms with van der Waals surface area (Å²) in [5.41, 5.74) is -0.753. The molecule has 2 N–H and O–H groups in total. The Morgan fingerprint density at radius 1 is 1.32 bits per heavy atom. The van der Waals surface area contributed by atoms with Crippen LogP contribution in [0.2, 0.25) is 0 Å². The van der Waals surface area contributed by atoms with E-state index in [4.69, 9.17) is 0 Å². The molecule has 0 saturated carbocycles. The van der Waals surface area contributed by atoms with E-state index < -0.39 is 17.8 Å². The van der Waals surface area contributed by atoms with E-state index in [1.165, 1.54) is 12.1 Å². The van der Waals surface area contributed by atoms with Crippen molar-refractivity contribution in [3.63, 3.8) is 0 Å². The number of nitrogens with one attached hydrogen (secondary N) is 1. The number of anilines is 1. The maximum absolute atomic E-state index is 12.8. The van der Waals surface area contributed by atoms with Gasteiger partial charge in [-0.2, -0.15) is 13.2 Å². The van der Waals surface area contributed by atoms with E-state index in [0.717, 1.165) is 6.07 Å². The van der Waals surface area contributed by atoms with Crippen LogP contribution in [-0.4, -0.2) is 17.8 Å². The molecule has 1 rings (SSSR count). The number of benzene rings is 1. The summed E-state index contributed by atoms with van der Waals surface area (Å²) in [6, 6.07) is 3.92. The van der Waals surface area contributed by atoms with Crippen molar-refractivity contribution >= 4 is 21.6 Å².